The van der Waals surface area contributed by atoms with Crippen molar-refractivity contribution in [3.05, 3.63) is 18.2 Å². The average Bonchev–Trinajstić information content (AvgIpc) is 2.89. The minimum absolute atomic E-state index is 0.857. The Hall–Kier alpha value is -0.830. The molecule has 0 atom stereocenters. The van der Waals surface area contributed by atoms with Gasteiger partial charge in [0.15, 0.2) is 0 Å². The van der Waals surface area contributed by atoms with Crippen molar-refractivity contribution in [2.24, 2.45) is 5.73 Å². The van der Waals surface area contributed by atoms with E-state index in [-0.39, 0.29) is 0 Å². The van der Waals surface area contributed by atoms with Crippen LogP contribution in [0.2, 0.25) is 0 Å². The predicted molar refractivity (Wildman–Crippen MR) is 77.5 cm³/mol. The molecule has 0 bridgehead atoms. The van der Waals surface area contributed by atoms with Crippen LogP contribution < -0.4 is 5.73 Å². The Balaban J connectivity index is 1.73. The molecule has 0 amide bonds. The maximum Gasteiger partial charge on any atom is 0.0921 e. The fourth-order valence-electron chi connectivity index (χ4n) is 2.30. The SMILES string of the molecule is NCCCCCCCCCCCCc1cnc[nH]1. The molecule has 3 heteroatoms. The molecule has 0 spiro atoms. The maximum atomic E-state index is 5.47. The molecule has 18 heavy (non-hydrogen) atoms. The summed E-state index contributed by atoms with van der Waals surface area (Å²) in [5.74, 6) is 0. The molecular weight excluding hydrogens is 222 g/mol. The summed E-state index contributed by atoms with van der Waals surface area (Å²) < 4.78 is 0. The summed E-state index contributed by atoms with van der Waals surface area (Å²) in [6.07, 6.45) is 18.4. The third kappa shape index (κ3) is 8.29. The van der Waals surface area contributed by atoms with Gasteiger partial charge < -0.3 is 10.7 Å². The lowest BCUT2D eigenvalue weighted by Gasteiger charge is -2.02. The van der Waals surface area contributed by atoms with Gasteiger partial charge in [-0.3, -0.25) is 0 Å². The molecule has 0 aliphatic rings. The second kappa shape index (κ2) is 11.3. The summed E-state index contributed by atoms with van der Waals surface area (Å²) in [5.41, 5.74) is 6.74. The molecule has 1 rings (SSSR count). The van der Waals surface area contributed by atoms with Crippen molar-refractivity contribution in [3.63, 3.8) is 0 Å². The van der Waals surface area contributed by atoms with Crippen LogP contribution in [0.25, 0.3) is 0 Å². The van der Waals surface area contributed by atoms with Gasteiger partial charge in [0.1, 0.15) is 0 Å². The van der Waals surface area contributed by atoms with Crippen LogP contribution in [0, 0.1) is 0 Å². The van der Waals surface area contributed by atoms with Gasteiger partial charge in [0, 0.05) is 11.9 Å². The molecule has 0 radical (unpaired) electrons. The highest BCUT2D eigenvalue weighted by molar-refractivity contribution is 4.93. The Bertz CT molecular complexity index is 257. The van der Waals surface area contributed by atoms with E-state index in [9.17, 15) is 0 Å². The first-order valence-electron chi connectivity index (χ1n) is 7.61. The zero-order chi connectivity index (χ0) is 12.9. The van der Waals surface area contributed by atoms with Gasteiger partial charge in [-0.25, -0.2) is 4.98 Å². The molecule has 104 valence electrons. The zero-order valence-electron chi connectivity index (χ0n) is 11.7. The van der Waals surface area contributed by atoms with E-state index >= 15 is 0 Å². The van der Waals surface area contributed by atoms with E-state index in [4.69, 9.17) is 5.73 Å². The average molecular weight is 251 g/mol. The van der Waals surface area contributed by atoms with Crippen LogP contribution >= 0.6 is 0 Å². The number of rotatable bonds is 12. The molecule has 3 nitrogen and oxygen atoms in total. The van der Waals surface area contributed by atoms with Gasteiger partial charge in [-0.2, -0.15) is 0 Å². The Morgan fingerprint density at radius 3 is 1.89 bits per heavy atom. The number of aromatic amines is 1. The van der Waals surface area contributed by atoms with Crippen molar-refractivity contribution in [3.8, 4) is 0 Å². The fourth-order valence-corrected chi connectivity index (χ4v) is 2.30. The van der Waals surface area contributed by atoms with Gasteiger partial charge >= 0.3 is 0 Å². The molecule has 0 aliphatic heterocycles. The van der Waals surface area contributed by atoms with Crippen LogP contribution in [0.1, 0.15) is 69.9 Å². The lowest BCUT2D eigenvalue weighted by atomic mass is 10.1. The van der Waals surface area contributed by atoms with Crippen LogP contribution in [0.3, 0.4) is 0 Å². The Labute approximate surface area is 112 Å². The summed E-state index contributed by atoms with van der Waals surface area (Å²) in [6, 6.07) is 0. The van der Waals surface area contributed by atoms with Gasteiger partial charge in [-0.05, 0) is 25.8 Å². The lowest BCUT2D eigenvalue weighted by molar-refractivity contribution is 0.552. The minimum atomic E-state index is 0.857. The number of unbranched alkanes of at least 4 members (excludes halogenated alkanes) is 9. The van der Waals surface area contributed by atoms with Crippen LogP contribution in [-0.4, -0.2) is 16.5 Å². The maximum absolute atomic E-state index is 5.47. The quantitative estimate of drug-likeness (QED) is 0.555. The Morgan fingerprint density at radius 1 is 0.833 bits per heavy atom. The highest BCUT2D eigenvalue weighted by Crippen LogP contribution is 2.11. The van der Waals surface area contributed by atoms with Crippen molar-refractivity contribution in [1.29, 1.82) is 0 Å². The first-order valence-corrected chi connectivity index (χ1v) is 7.61. The molecule has 0 aromatic carbocycles. The molecule has 0 saturated heterocycles. The first kappa shape index (κ1) is 15.2. The first-order chi connectivity index (χ1) is 8.93. The van der Waals surface area contributed by atoms with E-state index in [0.29, 0.717) is 0 Å². The number of nitrogens with zero attached hydrogens (tertiary/aromatic N) is 1. The van der Waals surface area contributed by atoms with E-state index < -0.39 is 0 Å². The van der Waals surface area contributed by atoms with E-state index in [2.05, 4.69) is 9.97 Å². The minimum Gasteiger partial charge on any atom is -0.348 e. The molecule has 3 N–H and O–H groups in total. The topological polar surface area (TPSA) is 54.7 Å². The molecule has 0 saturated carbocycles. The predicted octanol–water partition coefficient (Wildman–Crippen LogP) is 3.81. The summed E-state index contributed by atoms with van der Waals surface area (Å²) in [4.78, 5) is 7.18. The summed E-state index contributed by atoms with van der Waals surface area (Å²) >= 11 is 0. The van der Waals surface area contributed by atoms with Gasteiger partial charge in [0.2, 0.25) is 0 Å². The fraction of sp³-hybridized carbons (Fsp3) is 0.800. The largest absolute Gasteiger partial charge is 0.348 e. The number of nitrogens with one attached hydrogen (secondary N) is 1. The lowest BCUT2D eigenvalue weighted by Crippen LogP contribution is -1.97. The molecule has 0 aliphatic carbocycles. The normalized spacial score (nSPS) is 10.9. The van der Waals surface area contributed by atoms with Gasteiger partial charge in [0.25, 0.3) is 0 Å². The molecule has 1 aromatic rings. The molecule has 1 heterocycles. The number of hydrogen-bond acceptors (Lipinski definition) is 2. The second-order valence-corrected chi connectivity index (χ2v) is 5.15. The third-order valence-electron chi connectivity index (χ3n) is 3.46. The highest BCUT2D eigenvalue weighted by Gasteiger charge is 1.95. The number of aryl methyl sites for hydroxylation is 1. The highest BCUT2D eigenvalue weighted by atomic mass is 14.9. The van der Waals surface area contributed by atoms with E-state index in [1.165, 1.54) is 69.9 Å². The Morgan fingerprint density at radius 2 is 1.39 bits per heavy atom. The number of hydrogen-bond donors (Lipinski definition) is 2. The number of nitrogens with two attached hydrogens (primary N) is 1. The molecule has 0 unspecified atom stereocenters. The van der Waals surface area contributed by atoms with Crippen molar-refractivity contribution < 1.29 is 0 Å². The van der Waals surface area contributed by atoms with Crippen LogP contribution in [-0.2, 0) is 6.42 Å². The number of imidazole rings is 1. The van der Waals surface area contributed by atoms with E-state index in [0.717, 1.165) is 13.0 Å². The second-order valence-electron chi connectivity index (χ2n) is 5.15. The number of aromatic nitrogens is 2. The van der Waals surface area contributed by atoms with Crippen LogP contribution in [0.5, 0.6) is 0 Å². The van der Waals surface area contributed by atoms with E-state index in [1.54, 1.807) is 6.33 Å². The van der Waals surface area contributed by atoms with Crippen LogP contribution in [0.4, 0.5) is 0 Å². The van der Waals surface area contributed by atoms with Crippen molar-refractivity contribution >= 4 is 0 Å². The molecule has 0 fully saturated rings. The van der Waals surface area contributed by atoms with Crippen molar-refractivity contribution in [1.82, 2.24) is 9.97 Å². The van der Waals surface area contributed by atoms with Gasteiger partial charge in [-0.1, -0.05) is 51.4 Å². The molecular formula is C15H29N3. The third-order valence-corrected chi connectivity index (χ3v) is 3.46. The standard InChI is InChI=1S/C15H29N3/c16-12-10-8-6-4-2-1-3-5-7-9-11-15-13-17-14-18-15/h13-14H,1-12,16H2,(H,17,18). The monoisotopic (exact) mass is 251 g/mol. The molecule has 1 aromatic heterocycles. The zero-order valence-corrected chi connectivity index (χ0v) is 11.7. The smallest absolute Gasteiger partial charge is 0.0921 e. The van der Waals surface area contributed by atoms with E-state index in [1.807, 2.05) is 6.20 Å². The summed E-state index contributed by atoms with van der Waals surface area (Å²) in [7, 11) is 0. The van der Waals surface area contributed by atoms with Gasteiger partial charge in [0.05, 0.1) is 6.33 Å². The Kier molecular flexibility index (Phi) is 9.54. The summed E-state index contributed by atoms with van der Waals surface area (Å²) in [5, 5.41) is 0. The number of H-pyrrole nitrogens is 1. The van der Waals surface area contributed by atoms with Crippen molar-refractivity contribution in [2.75, 3.05) is 6.54 Å². The summed E-state index contributed by atoms with van der Waals surface area (Å²) in [6.45, 7) is 0.857. The van der Waals surface area contributed by atoms with Crippen LogP contribution in [0.15, 0.2) is 12.5 Å². The van der Waals surface area contributed by atoms with Crippen molar-refractivity contribution in [2.45, 2.75) is 70.6 Å². The van der Waals surface area contributed by atoms with Gasteiger partial charge in [-0.15, -0.1) is 0 Å².